The van der Waals surface area contributed by atoms with Gasteiger partial charge >= 0.3 is 0 Å². The van der Waals surface area contributed by atoms with E-state index in [0.717, 1.165) is 55.9 Å². The SMILES string of the molecule is CCCCOCCCNCc1cc(Cl)ccc1OCc1ccc(F)cc1Cl. The molecule has 0 saturated heterocycles. The van der Waals surface area contributed by atoms with Crippen LogP contribution >= 0.6 is 23.2 Å². The molecule has 0 atom stereocenters. The predicted octanol–water partition coefficient (Wildman–Crippen LogP) is 6.01. The zero-order chi connectivity index (χ0) is 19.5. The molecule has 3 nitrogen and oxygen atoms in total. The first-order valence-corrected chi connectivity index (χ1v) is 9.99. The van der Waals surface area contributed by atoms with Gasteiger partial charge in [-0.15, -0.1) is 0 Å². The van der Waals surface area contributed by atoms with Crippen LogP contribution in [-0.4, -0.2) is 19.8 Å². The second-order valence-electron chi connectivity index (χ2n) is 6.27. The van der Waals surface area contributed by atoms with Crippen LogP contribution in [0.4, 0.5) is 4.39 Å². The van der Waals surface area contributed by atoms with E-state index in [9.17, 15) is 4.39 Å². The molecule has 0 spiro atoms. The zero-order valence-electron chi connectivity index (χ0n) is 15.6. The van der Waals surface area contributed by atoms with Gasteiger partial charge in [0.2, 0.25) is 0 Å². The number of nitrogens with one attached hydrogen (secondary N) is 1. The molecule has 6 heteroatoms. The third-order valence-electron chi connectivity index (χ3n) is 4.02. The van der Waals surface area contributed by atoms with E-state index < -0.39 is 0 Å². The van der Waals surface area contributed by atoms with Crippen LogP contribution in [0.2, 0.25) is 10.0 Å². The van der Waals surface area contributed by atoms with Gasteiger partial charge in [-0.2, -0.15) is 0 Å². The van der Waals surface area contributed by atoms with Gasteiger partial charge in [0.1, 0.15) is 18.2 Å². The van der Waals surface area contributed by atoms with Crippen molar-refractivity contribution < 1.29 is 13.9 Å². The van der Waals surface area contributed by atoms with E-state index in [1.807, 2.05) is 12.1 Å². The second-order valence-corrected chi connectivity index (χ2v) is 7.12. The van der Waals surface area contributed by atoms with Crippen LogP contribution in [0.1, 0.15) is 37.3 Å². The molecule has 2 aromatic carbocycles. The van der Waals surface area contributed by atoms with Crippen molar-refractivity contribution in [2.24, 2.45) is 0 Å². The van der Waals surface area contributed by atoms with Gasteiger partial charge in [-0.3, -0.25) is 0 Å². The van der Waals surface area contributed by atoms with Crippen LogP contribution in [-0.2, 0) is 17.9 Å². The minimum absolute atomic E-state index is 0.263. The first-order chi connectivity index (χ1) is 13.1. The molecule has 148 valence electrons. The standard InChI is InChI=1S/C21H26Cl2FNO2/c1-2-3-10-26-11-4-9-25-14-17-12-18(22)6-8-21(17)27-15-16-5-7-19(24)13-20(16)23/h5-8,12-13,25H,2-4,9-11,14-15H2,1H3. The molecular weight excluding hydrogens is 388 g/mol. The average Bonchev–Trinajstić information content (AvgIpc) is 2.64. The Morgan fingerprint density at radius 1 is 1.00 bits per heavy atom. The topological polar surface area (TPSA) is 30.5 Å². The van der Waals surface area contributed by atoms with Crippen LogP contribution in [0.5, 0.6) is 5.75 Å². The lowest BCUT2D eigenvalue weighted by Crippen LogP contribution is -2.17. The number of hydrogen-bond acceptors (Lipinski definition) is 3. The lowest BCUT2D eigenvalue weighted by Gasteiger charge is -2.14. The van der Waals surface area contributed by atoms with Gasteiger partial charge in [0.15, 0.2) is 0 Å². The van der Waals surface area contributed by atoms with Crippen molar-refractivity contribution >= 4 is 23.2 Å². The molecule has 0 amide bonds. The number of rotatable bonds is 12. The second kappa shape index (κ2) is 12.2. The molecule has 0 unspecified atom stereocenters. The third kappa shape index (κ3) is 8.06. The molecule has 1 N–H and O–H groups in total. The zero-order valence-corrected chi connectivity index (χ0v) is 17.1. The van der Waals surface area contributed by atoms with Crippen LogP contribution in [0.3, 0.4) is 0 Å². The lowest BCUT2D eigenvalue weighted by atomic mass is 10.2. The molecule has 27 heavy (non-hydrogen) atoms. The summed E-state index contributed by atoms with van der Waals surface area (Å²) in [5.41, 5.74) is 1.70. The lowest BCUT2D eigenvalue weighted by molar-refractivity contribution is 0.128. The summed E-state index contributed by atoms with van der Waals surface area (Å²) in [5, 5.41) is 4.39. The molecule has 0 aliphatic carbocycles. The molecule has 0 fully saturated rings. The first-order valence-electron chi connectivity index (χ1n) is 9.23. The van der Waals surface area contributed by atoms with E-state index in [-0.39, 0.29) is 12.4 Å². The summed E-state index contributed by atoms with van der Waals surface area (Å²) in [4.78, 5) is 0. The maximum absolute atomic E-state index is 13.2. The summed E-state index contributed by atoms with van der Waals surface area (Å²) in [6.45, 7) is 5.49. The number of benzene rings is 2. The van der Waals surface area contributed by atoms with Gasteiger partial charge in [-0.1, -0.05) is 42.6 Å². The van der Waals surface area contributed by atoms with E-state index in [1.54, 1.807) is 12.1 Å². The fourth-order valence-corrected chi connectivity index (χ4v) is 2.91. The monoisotopic (exact) mass is 413 g/mol. The number of halogens is 3. The Hall–Kier alpha value is -1.33. The molecule has 0 aromatic heterocycles. The highest BCUT2D eigenvalue weighted by atomic mass is 35.5. The van der Waals surface area contributed by atoms with Gasteiger partial charge in [0, 0.05) is 35.9 Å². The third-order valence-corrected chi connectivity index (χ3v) is 4.61. The van der Waals surface area contributed by atoms with Crippen LogP contribution in [0, 0.1) is 5.82 Å². The molecule has 2 rings (SSSR count). The van der Waals surface area contributed by atoms with Crippen molar-refractivity contribution in [1.82, 2.24) is 5.32 Å². The van der Waals surface area contributed by atoms with Gasteiger partial charge in [-0.25, -0.2) is 4.39 Å². The predicted molar refractivity (Wildman–Crippen MR) is 109 cm³/mol. The Balaban J connectivity index is 1.83. The Bertz CT molecular complexity index is 713. The summed E-state index contributed by atoms with van der Waals surface area (Å²) in [6, 6.07) is 9.79. The Morgan fingerprint density at radius 3 is 2.59 bits per heavy atom. The van der Waals surface area contributed by atoms with Crippen molar-refractivity contribution in [2.75, 3.05) is 19.8 Å². The van der Waals surface area contributed by atoms with Gasteiger partial charge in [-0.05, 0) is 49.7 Å². The minimum Gasteiger partial charge on any atom is -0.489 e. The fourth-order valence-electron chi connectivity index (χ4n) is 2.49. The molecule has 2 aromatic rings. The molecular formula is C21H26Cl2FNO2. The molecule has 0 aliphatic heterocycles. The number of hydrogen-bond donors (Lipinski definition) is 1. The van der Waals surface area contributed by atoms with Crippen molar-refractivity contribution in [1.29, 1.82) is 0 Å². The minimum atomic E-state index is -0.362. The summed E-state index contributed by atoms with van der Waals surface area (Å²) in [7, 11) is 0. The Morgan fingerprint density at radius 2 is 1.81 bits per heavy atom. The highest BCUT2D eigenvalue weighted by molar-refractivity contribution is 6.31. The molecule has 0 heterocycles. The fraction of sp³-hybridized carbons (Fsp3) is 0.429. The maximum Gasteiger partial charge on any atom is 0.124 e. The van der Waals surface area contributed by atoms with E-state index in [2.05, 4.69) is 12.2 Å². The number of ether oxygens (including phenoxy) is 2. The maximum atomic E-state index is 13.2. The van der Waals surface area contributed by atoms with E-state index in [1.165, 1.54) is 12.1 Å². The van der Waals surface area contributed by atoms with Crippen molar-refractivity contribution in [3.8, 4) is 5.75 Å². The van der Waals surface area contributed by atoms with Crippen LogP contribution in [0.25, 0.3) is 0 Å². The van der Waals surface area contributed by atoms with Crippen LogP contribution in [0.15, 0.2) is 36.4 Å². The first kappa shape index (κ1) is 22.0. The quantitative estimate of drug-likeness (QED) is 0.432. The smallest absolute Gasteiger partial charge is 0.124 e. The molecule has 0 aliphatic rings. The van der Waals surface area contributed by atoms with E-state index in [4.69, 9.17) is 32.7 Å². The Labute approximate surface area is 170 Å². The van der Waals surface area contributed by atoms with Gasteiger partial charge < -0.3 is 14.8 Å². The summed E-state index contributed by atoms with van der Waals surface area (Å²) < 4.78 is 24.6. The van der Waals surface area contributed by atoms with Crippen molar-refractivity contribution in [3.63, 3.8) is 0 Å². The van der Waals surface area contributed by atoms with Crippen molar-refractivity contribution in [2.45, 2.75) is 39.3 Å². The molecule has 0 bridgehead atoms. The average molecular weight is 414 g/mol. The summed E-state index contributed by atoms with van der Waals surface area (Å²) in [6.07, 6.45) is 3.21. The van der Waals surface area contributed by atoms with Gasteiger partial charge in [0.25, 0.3) is 0 Å². The number of unbranched alkanes of at least 4 members (excludes halogenated alkanes) is 1. The summed E-state index contributed by atoms with van der Waals surface area (Å²) in [5.74, 6) is 0.366. The molecule has 0 radical (unpaired) electrons. The van der Waals surface area contributed by atoms with E-state index in [0.29, 0.717) is 16.6 Å². The van der Waals surface area contributed by atoms with Gasteiger partial charge in [0.05, 0.1) is 5.02 Å². The summed E-state index contributed by atoms with van der Waals surface area (Å²) >= 11 is 12.2. The normalized spacial score (nSPS) is 11.0. The van der Waals surface area contributed by atoms with Crippen molar-refractivity contribution in [3.05, 3.63) is 63.4 Å². The van der Waals surface area contributed by atoms with Crippen LogP contribution < -0.4 is 10.1 Å². The largest absolute Gasteiger partial charge is 0.489 e. The highest BCUT2D eigenvalue weighted by Gasteiger charge is 2.08. The highest BCUT2D eigenvalue weighted by Crippen LogP contribution is 2.25. The molecule has 0 saturated carbocycles. The Kier molecular flexibility index (Phi) is 9.92. The van der Waals surface area contributed by atoms with E-state index >= 15 is 0 Å².